The standard InChI is InChI=1S/C19H28N6O3.CH2O2/c1-2-10-28-16-11-14(19(27)20-7-9-25-8-3-6-23-25)4-5-15(16)24-17-12-18(26)22-13-21-17;2-1-3/h3,6,8,12-16H,2,4-5,7,9-11H2,1H3,(H,20,27)(H2,21,22,24,26);1H,(H,2,3)/t14-,15+,16+;/m0./s1. The number of hydrogen-bond acceptors (Lipinski definition) is 7. The monoisotopic (exact) mass is 434 g/mol. The topological polar surface area (TPSA) is 151 Å². The van der Waals surface area contributed by atoms with Crippen LogP contribution in [0.2, 0.25) is 0 Å². The highest BCUT2D eigenvalue weighted by Gasteiger charge is 2.34. The van der Waals surface area contributed by atoms with Crippen LogP contribution in [0, 0.1) is 5.92 Å². The quantitative estimate of drug-likeness (QED) is 0.424. The van der Waals surface area contributed by atoms with Crippen molar-refractivity contribution in [2.24, 2.45) is 5.92 Å². The molecule has 0 aliphatic heterocycles. The molecule has 0 saturated heterocycles. The molecule has 11 heteroatoms. The summed E-state index contributed by atoms with van der Waals surface area (Å²) in [5.41, 5.74) is -0.200. The van der Waals surface area contributed by atoms with Gasteiger partial charge in [-0.15, -0.1) is 0 Å². The smallest absolute Gasteiger partial charge is 0.290 e. The van der Waals surface area contributed by atoms with Gasteiger partial charge in [0, 0.05) is 37.5 Å². The molecule has 2 heterocycles. The fourth-order valence-corrected chi connectivity index (χ4v) is 3.49. The molecule has 0 aromatic carbocycles. The molecule has 2 aromatic heterocycles. The maximum absolute atomic E-state index is 12.6. The minimum Gasteiger partial charge on any atom is -0.483 e. The first-order chi connectivity index (χ1) is 15.1. The van der Waals surface area contributed by atoms with Gasteiger partial charge in [-0.25, -0.2) is 4.98 Å². The molecule has 0 bridgehead atoms. The lowest BCUT2D eigenvalue weighted by Gasteiger charge is -2.36. The van der Waals surface area contributed by atoms with Gasteiger partial charge in [0.05, 0.1) is 25.0 Å². The molecule has 3 rings (SSSR count). The molecule has 3 atom stereocenters. The highest BCUT2D eigenvalue weighted by molar-refractivity contribution is 5.78. The summed E-state index contributed by atoms with van der Waals surface area (Å²) in [6.07, 6.45) is 7.98. The summed E-state index contributed by atoms with van der Waals surface area (Å²) < 4.78 is 7.82. The van der Waals surface area contributed by atoms with Gasteiger partial charge in [0.15, 0.2) is 0 Å². The number of carboxylic acid groups (broad SMARTS) is 1. The van der Waals surface area contributed by atoms with Crippen molar-refractivity contribution in [3.05, 3.63) is 41.2 Å². The van der Waals surface area contributed by atoms with Crippen molar-refractivity contribution in [3.63, 3.8) is 0 Å². The molecule has 0 radical (unpaired) electrons. The number of anilines is 1. The Labute approximate surface area is 180 Å². The number of rotatable bonds is 9. The SMILES string of the molecule is CCCO[C@@H]1C[C@@H](C(=O)NCCn2cccn2)CC[C@H]1Nc1cc(=O)[nH]cn1.O=CO. The second kappa shape index (κ2) is 13.2. The van der Waals surface area contributed by atoms with Crippen LogP contribution in [-0.4, -0.2) is 62.5 Å². The van der Waals surface area contributed by atoms with E-state index in [0.29, 0.717) is 31.9 Å². The number of H-pyrrole nitrogens is 1. The highest BCUT2D eigenvalue weighted by atomic mass is 16.5. The van der Waals surface area contributed by atoms with E-state index in [9.17, 15) is 9.59 Å². The third kappa shape index (κ3) is 8.21. The van der Waals surface area contributed by atoms with Crippen molar-refractivity contribution < 1.29 is 19.4 Å². The van der Waals surface area contributed by atoms with Crippen LogP contribution < -0.4 is 16.2 Å². The first kappa shape index (κ1) is 24.1. The van der Waals surface area contributed by atoms with E-state index in [-0.39, 0.29) is 36.0 Å². The number of aromatic amines is 1. The summed E-state index contributed by atoms with van der Waals surface area (Å²) in [4.78, 5) is 39.1. The van der Waals surface area contributed by atoms with E-state index < -0.39 is 0 Å². The first-order valence-corrected chi connectivity index (χ1v) is 10.3. The number of ether oxygens (including phenoxy) is 1. The third-order valence-corrected chi connectivity index (χ3v) is 4.91. The fourth-order valence-electron chi connectivity index (χ4n) is 3.49. The number of amides is 1. The van der Waals surface area contributed by atoms with E-state index in [1.165, 1.54) is 12.4 Å². The van der Waals surface area contributed by atoms with Crippen LogP contribution in [0.25, 0.3) is 0 Å². The molecular formula is C20H30N6O5. The van der Waals surface area contributed by atoms with Gasteiger partial charge >= 0.3 is 0 Å². The van der Waals surface area contributed by atoms with Crippen molar-refractivity contribution >= 4 is 18.2 Å². The minimum absolute atomic E-state index is 0.0222. The molecule has 1 amide bonds. The Kier molecular flexibility index (Phi) is 10.2. The van der Waals surface area contributed by atoms with Crippen LogP contribution in [0.3, 0.4) is 0 Å². The summed E-state index contributed by atoms with van der Waals surface area (Å²) in [7, 11) is 0. The Bertz CT molecular complexity index is 841. The average molecular weight is 434 g/mol. The second-order valence-electron chi connectivity index (χ2n) is 7.13. The predicted molar refractivity (Wildman–Crippen MR) is 114 cm³/mol. The van der Waals surface area contributed by atoms with E-state index in [1.807, 2.05) is 12.3 Å². The number of nitrogens with one attached hydrogen (secondary N) is 3. The maximum Gasteiger partial charge on any atom is 0.290 e. The van der Waals surface area contributed by atoms with Crippen molar-refractivity contribution in [3.8, 4) is 0 Å². The van der Waals surface area contributed by atoms with E-state index in [2.05, 4.69) is 32.6 Å². The fraction of sp³-hybridized carbons (Fsp3) is 0.550. The Morgan fingerprint density at radius 2 is 2.26 bits per heavy atom. The Morgan fingerprint density at radius 1 is 1.45 bits per heavy atom. The van der Waals surface area contributed by atoms with E-state index in [0.717, 1.165) is 19.3 Å². The maximum atomic E-state index is 12.6. The summed E-state index contributed by atoms with van der Waals surface area (Å²) in [6.45, 7) is 3.65. The van der Waals surface area contributed by atoms with Gasteiger partial charge in [0.1, 0.15) is 5.82 Å². The summed E-state index contributed by atoms with van der Waals surface area (Å²) in [5.74, 6) is 0.510. The minimum atomic E-state index is -0.250. The molecule has 1 aliphatic rings. The predicted octanol–water partition coefficient (Wildman–Crippen LogP) is 0.859. The lowest BCUT2D eigenvalue weighted by atomic mass is 9.83. The van der Waals surface area contributed by atoms with Gasteiger partial charge in [0.25, 0.3) is 12.0 Å². The van der Waals surface area contributed by atoms with Crippen LogP contribution in [0.15, 0.2) is 35.6 Å². The van der Waals surface area contributed by atoms with Crippen LogP contribution in [0.1, 0.15) is 32.6 Å². The van der Waals surface area contributed by atoms with Crippen molar-refractivity contribution in [1.82, 2.24) is 25.1 Å². The summed E-state index contributed by atoms with van der Waals surface area (Å²) >= 11 is 0. The van der Waals surface area contributed by atoms with Gasteiger partial charge in [-0.05, 0) is 31.7 Å². The van der Waals surface area contributed by atoms with Gasteiger partial charge < -0.3 is 25.5 Å². The lowest BCUT2D eigenvalue weighted by molar-refractivity contribution is -0.128. The van der Waals surface area contributed by atoms with Gasteiger partial charge in [-0.1, -0.05) is 6.92 Å². The van der Waals surface area contributed by atoms with Gasteiger partial charge in [-0.2, -0.15) is 5.10 Å². The summed E-state index contributed by atoms with van der Waals surface area (Å²) in [5, 5.41) is 17.3. The third-order valence-electron chi connectivity index (χ3n) is 4.91. The molecule has 0 unspecified atom stereocenters. The number of aromatic nitrogens is 4. The van der Waals surface area contributed by atoms with Crippen molar-refractivity contribution in [2.75, 3.05) is 18.5 Å². The zero-order valence-electron chi connectivity index (χ0n) is 17.6. The largest absolute Gasteiger partial charge is 0.483 e. The van der Waals surface area contributed by atoms with Crippen LogP contribution in [0.5, 0.6) is 0 Å². The zero-order chi connectivity index (χ0) is 22.5. The van der Waals surface area contributed by atoms with E-state index >= 15 is 0 Å². The van der Waals surface area contributed by atoms with Crippen molar-refractivity contribution in [1.29, 1.82) is 0 Å². The van der Waals surface area contributed by atoms with Crippen molar-refractivity contribution in [2.45, 2.75) is 51.3 Å². The number of carbonyl (C=O) groups is 2. The lowest BCUT2D eigenvalue weighted by Crippen LogP contribution is -2.45. The molecule has 1 aliphatic carbocycles. The molecular weight excluding hydrogens is 404 g/mol. The van der Waals surface area contributed by atoms with Crippen LogP contribution >= 0.6 is 0 Å². The Morgan fingerprint density at radius 3 is 2.94 bits per heavy atom. The average Bonchev–Trinajstić information content (AvgIpc) is 3.27. The molecule has 11 nitrogen and oxygen atoms in total. The van der Waals surface area contributed by atoms with Gasteiger partial charge in [0.2, 0.25) is 5.91 Å². The Balaban J connectivity index is 0.00000107. The molecule has 2 aromatic rings. The Hall–Kier alpha value is -3.21. The van der Waals surface area contributed by atoms with E-state index in [1.54, 1.807) is 10.9 Å². The number of carbonyl (C=O) groups excluding carboxylic acids is 1. The molecule has 31 heavy (non-hydrogen) atoms. The summed E-state index contributed by atoms with van der Waals surface area (Å²) in [6, 6.07) is 3.32. The molecule has 4 N–H and O–H groups in total. The molecule has 170 valence electrons. The molecule has 1 saturated carbocycles. The first-order valence-electron chi connectivity index (χ1n) is 10.3. The normalized spacial score (nSPS) is 20.2. The molecule has 1 fully saturated rings. The highest BCUT2D eigenvalue weighted by Crippen LogP contribution is 2.29. The number of nitrogens with zero attached hydrogens (tertiary/aromatic N) is 3. The zero-order valence-corrected chi connectivity index (χ0v) is 17.6. The van der Waals surface area contributed by atoms with E-state index in [4.69, 9.17) is 14.6 Å². The molecule has 0 spiro atoms. The number of hydrogen-bond donors (Lipinski definition) is 4. The van der Waals surface area contributed by atoms with Crippen LogP contribution in [-0.2, 0) is 20.9 Å². The second-order valence-corrected chi connectivity index (χ2v) is 7.13. The van der Waals surface area contributed by atoms with Gasteiger partial charge in [-0.3, -0.25) is 19.1 Å². The van der Waals surface area contributed by atoms with Crippen LogP contribution in [0.4, 0.5) is 5.82 Å².